The monoisotopic (exact) mass is 241 g/mol. The van der Waals surface area contributed by atoms with Crippen LogP contribution in [0.5, 0.6) is 0 Å². The molecular weight excluding hydrogens is 226 g/mol. The average Bonchev–Trinajstić information content (AvgIpc) is 2.95. The molecule has 1 atom stereocenters. The normalized spacial score (nSPS) is 17.1. The molecule has 5 heteroatoms. The Kier molecular flexibility index (Phi) is 3.49. The van der Waals surface area contributed by atoms with Crippen molar-refractivity contribution < 1.29 is 4.79 Å². The number of halogens is 1. The maximum Gasteiger partial charge on any atom is 0.242 e. The Hall–Kier alpha value is -1.03. The number of nitrogens with one attached hydrogen (secondary N) is 1. The average molecular weight is 242 g/mol. The van der Waals surface area contributed by atoms with E-state index in [-0.39, 0.29) is 5.91 Å². The van der Waals surface area contributed by atoms with Crippen molar-refractivity contribution in [2.24, 2.45) is 0 Å². The number of carbonyl (C=O) groups is 1. The summed E-state index contributed by atoms with van der Waals surface area (Å²) >= 11 is 6.08. The van der Waals surface area contributed by atoms with Crippen molar-refractivity contribution in [2.75, 3.05) is 0 Å². The SMILES string of the molecule is CCCn1cc(C(Cl)C(=O)NC2CC2)cn1. The van der Waals surface area contributed by atoms with Gasteiger partial charge in [-0.05, 0) is 19.3 Å². The number of aromatic nitrogens is 2. The number of rotatable bonds is 5. The quantitative estimate of drug-likeness (QED) is 0.800. The fourth-order valence-corrected chi connectivity index (χ4v) is 1.69. The van der Waals surface area contributed by atoms with Crippen LogP contribution in [0.1, 0.15) is 37.1 Å². The molecular formula is C11H16ClN3O. The maximum atomic E-state index is 11.7. The molecule has 1 fully saturated rings. The Balaban J connectivity index is 1.95. The van der Waals surface area contributed by atoms with Crippen LogP contribution in [0, 0.1) is 0 Å². The van der Waals surface area contributed by atoms with E-state index in [9.17, 15) is 4.79 Å². The van der Waals surface area contributed by atoms with E-state index in [0.29, 0.717) is 6.04 Å². The molecule has 1 aromatic heterocycles. The summed E-state index contributed by atoms with van der Waals surface area (Å²) in [5, 5.41) is 6.42. The first kappa shape index (κ1) is 11.5. The molecule has 2 rings (SSSR count). The third-order valence-corrected chi connectivity index (χ3v) is 3.00. The summed E-state index contributed by atoms with van der Waals surface area (Å²) in [5.41, 5.74) is 0.772. The van der Waals surface area contributed by atoms with Crippen LogP contribution in [-0.2, 0) is 11.3 Å². The lowest BCUT2D eigenvalue weighted by atomic mass is 10.2. The van der Waals surface area contributed by atoms with E-state index in [2.05, 4.69) is 17.3 Å². The second kappa shape index (κ2) is 4.87. The summed E-state index contributed by atoms with van der Waals surface area (Å²) in [5.74, 6) is -0.111. The first-order valence-electron chi connectivity index (χ1n) is 5.67. The van der Waals surface area contributed by atoms with Crippen LogP contribution in [0.3, 0.4) is 0 Å². The van der Waals surface area contributed by atoms with Gasteiger partial charge in [-0.1, -0.05) is 6.92 Å². The lowest BCUT2D eigenvalue weighted by Crippen LogP contribution is -2.28. The van der Waals surface area contributed by atoms with Gasteiger partial charge in [-0.15, -0.1) is 11.6 Å². The molecule has 0 aliphatic heterocycles. The molecule has 0 aromatic carbocycles. The zero-order valence-corrected chi connectivity index (χ0v) is 10.1. The zero-order valence-electron chi connectivity index (χ0n) is 9.32. The van der Waals surface area contributed by atoms with Crippen molar-refractivity contribution >= 4 is 17.5 Å². The topological polar surface area (TPSA) is 46.9 Å². The Bertz CT molecular complexity index is 373. The van der Waals surface area contributed by atoms with Crippen molar-refractivity contribution in [1.29, 1.82) is 0 Å². The molecule has 1 saturated carbocycles. The Morgan fingerprint density at radius 2 is 2.50 bits per heavy atom. The Morgan fingerprint density at radius 1 is 1.75 bits per heavy atom. The van der Waals surface area contributed by atoms with Gasteiger partial charge in [-0.3, -0.25) is 9.48 Å². The lowest BCUT2D eigenvalue weighted by Gasteiger charge is -2.07. The number of carbonyl (C=O) groups excluding carboxylic acids is 1. The third kappa shape index (κ3) is 2.76. The van der Waals surface area contributed by atoms with E-state index in [1.54, 1.807) is 6.20 Å². The lowest BCUT2D eigenvalue weighted by molar-refractivity contribution is -0.121. The maximum absolute atomic E-state index is 11.7. The molecule has 1 aliphatic carbocycles. The molecule has 0 radical (unpaired) electrons. The minimum Gasteiger partial charge on any atom is -0.352 e. The molecule has 0 bridgehead atoms. The zero-order chi connectivity index (χ0) is 11.5. The van der Waals surface area contributed by atoms with Crippen LogP contribution in [0.25, 0.3) is 0 Å². The third-order valence-electron chi connectivity index (χ3n) is 2.55. The van der Waals surface area contributed by atoms with Crippen LogP contribution in [0.15, 0.2) is 12.4 Å². The summed E-state index contributed by atoms with van der Waals surface area (Å²) in [4.78, 5) is 11.7. The van der Waals surface area contributed by atoms with Gasteiger partial charge >= 0.3 is 0 Å². The van der Waals surface area contributed by atoms with Gasteiger partial charge in [0.1, 0.15) is 5.38 Å². The summed E-state index contributed by atoms with van der Waals surface area (Å²) in [6.45, 7) is 2.94. The molecule has 0 spiro atoms. The molecule has 1 N–H and O–H groups in total. The summed E-state index contributed by atoms with van der Waals surface area (Å²) in [6.07, 6.45) is 6.67. The van der Waals surface area contributed by atoms with Crippen molar-refractivity contribution in [2.45, 2.75) is 44.1 Å². The van der Waals surface area contributed by atoms with E-state index < -0.39 is 5.38 Å². The van der Waals surface area contributed by atoms with Gasteiger partial charge in [0.15, 0.2) is 0 Å². The predicted molar refractivity (Wildman–Crippen MR) is 62.3 cm³/mol. The summed E-state index contributed by atoms with van der Waals surface area (Å²) in [7, 11) is 0. The molecule has 0 saturated heterocycles. The van der Waals surface area contributed by atoms with Crippen molar-refractivity contribution in [3.05, 3.63) is 18.0 Å². The van der Waals surface area contributed by atoms with Gasteiger partial charge in [0.25, 0.3) is 0 Å². The second-order valence-electron chi connectivity index (χ2n) is 4.18. The molecule has 4 nitrogen and oxygen atoms in total. The van der Waals surface area contributed by atoms with Crippen LogP contribution in [-0.4, -0.2) is 21.7 Å². The fourth-order valence-electron chi connectivity index (χ4n) is 1.52. The number of alkyl halides is 1. The highest BCUT2D eigenvalue weighted by Gasteiger charge is 2.27. The van der Waals surface area contributed by atoms with Crippen molar-refractivity contribution in [3.63, 3.8) is 0 Å². The van der Waals surface area contributed by atoms with E-state index in [4.69, 9.17) is 11.6 Å². The highest BCUT2D eigenvalue weighted by Crippen LogP contribution is 2.24. The largest absolute Gasteiger partial charge is 0.352 e. The number of nitrogens with zero attached hydrogens (tertiary/aromatic N) is 2. The summed E-state index contributed by atoms with van der Waals surface area (Å²) in [6, 6.07) is 0.347. The van der Waals surface area contributed by atoms with Crippen LogP contribution < -0.4 is 5.32 Å². The van der Waals surface area contributed by atoms with E-state index >= 15 is 0 Å². The predicted octanol–water partition coefficient (Wildman–Crippen LogP) is 1.85. The molecule has 1 aromatic rings. The van der Waals surface area contributed by atoms with Gasteiger partial charge < -0.3 is 5.32 Å². The van der Waals surface area contributed by atoms with Gasteiger partial charge in [0, 0.05) is 24.3 Å². The Labute approximate surface area is 100.0 Å². The Morgan fingerprint density at radius 3 is 3.12 bits per heavy atom. The number of hydrogen-bond donors (Lipinski definition) is 1. The van der Waals surface area contributed by atoms with E-state index in [1.165, 1.54) is 0 Å². The highest BCUT2D eigenvalue weighted by molar-refractivity contribution is 6.30. The van der Waals surface area contributed by atoms with Gasteiger partial charge in [0.05, 0.1) is 6.20 Å². The van der Waals surface area contributed by atoms with Crippen molar-refractivity contribution in [1.82, 2.24) is 15.1 Å². The number of amides is 1. The summed E-state index contributed by atoms with van der Waals surface area (Å²) < 4.78 is 1.81. The first-order chi connectivity index (χ1) is 7.70. The second-order valence-corrected chi connectivity index (χ2v) is 4.62. The standard InChI is InChI=1S/C11H16ClN3O/c1-2-5-15-7-8(6-13-15)10(12)11(16)14-9-3-4-9/h6-7,9-10H,2-5H2,1H3,(H,14,16). The van der Waals surface area contributed by atoms with Crippen LogP contribution >= 0.6 is 11.6 Å². The van der Waals surface area contributed by atoms with Crippen LogP contribution in [0.4, 0.5) is 0 Å². The van der Waals surface area contributed by atoms with Gasteiger partial charge in [0.2, 0.25) is 5.91 Å². The molecule has 1 heterocycles. The molecule has 1 unspecified atom stereocenters. The van der Waals surface area contributed by atoms with Crippen LogP contribution in [0.2, 0.25) is 0 Å². The minimum atomic E-state index is -0.619. The van der Waals surface area contributed by atoms with E-state index in [0.717, 1.165) is 31.4 Å². The fraction of sp³-hybridized carbons (Fsp3) is 0.636. The minimum absolute atomic E-state index is 0.111. The smallest absolute Gasteiger partial charge is 0.242 e. The molecule has 1 aliphatic rings. The molecule has 88 valence electrons. The van der Waals surface area contributed by atoms with Crippen molar-refractivity contribution in [3.8, 4) is 0 Å². The van der Waals surface area contributed by atoms with E-state index in [1.807, 2.05) is 10.9 Å². The number of hydrogen-bond acceptors (Lipinski definition) is 2. The first-order valence-corrected chi connectivity index (χ1v) is 6.11. The van der Waals surface area contributed by atoms with Gasteiger partial charge in [-0.2, -0.15) is 5.10 Å². The molecule has 1 amide bonds. The highest BCUT2D eigenvalue weighted by atomic mass is 35.5. The molecule has 16 heavy (non-hydrogen) atoms. The van der Waals surface area contributed by atoms with Gasteiger partial charge in [-0.25, -0.2) is 0 Å². The number of aryl methyl sites for hydroxylation is 1.